The van der Waals surface area contributed by atoms with Gasteiger partial charge in [0.25, 0.3) is 0 Å². The zero-order chi connectivity index (χ0) is 10.3. The van der Waals surface area contributed by atoms with Crippen molar-refractivity contribution in [1.82, 2.24) is 0 Å². The van der Waals surface area contributed by atoms with E-state index in [2.05, 4.69) is 11.6 Å². The number of nitrogens with zero attached hydrogens (tertiary/aromatic N) is 1. The van der Waals surface area contributed by atoms with Crippen LogP contribution in [0.5, 0.6) is 0 Å². The number of aliphatic hydroxyl groups is 1. The van der Waals surface area contributed by atoms with E-state index in [9.17, 15) is 0 Å². The predicted molar refractivity (Wildman–Crippen MR) is 58.0 cm³/mol. The van der Waals surface area contributed by atoms with Gasteiger partial charge in [0.1, 0.15) is 0 Å². The Morgan fingerprint density at radius 3 is 2.69 bits per heavy atom. The summed E-state index contributed by atoms with van der Waals surface area (Å²) in [5.74, 6) is 0. The Balaban J connectivity index is 3.94. The van der Waals surface area contributed by atoms with E-state index in [1.807, 2.05) is 26.0 Å². The van der Waals surface area contributed by atoms with E-state index in [0.717, 1.165) is 24.3 Å². The predicted octanol–water partition coefficient (Wildman–Crippen LogP) is 2.70. The first-order valence-electron chi connectivity index (χ1n) is 4.60. The van der Waals surface area contributed by atoms with Crippen LogP contribution in [-0.4, -0.2) is 16.9 Å². The van der Waals surface area contributed by atoms with Gasteiger partial charge in [0.2, 0.25) is 0 Å². The Morgan fingerprint density at radius 2 is 2.23 bits per heavy atom. The van der Waals surface area contributed by atoms with Crippen molar-refractivity contribution in [3.05, 3.63) is 24.4 Å². The molecule has 0 heterocycles. The van der Waals surface area contributed by atoms with Crippen molar-refractivity contribution in [2.75, 3.05) is 0 Å². The Kier molecular flexibility index (Phi) is 6.15. The maximum Gasteiger partial charge on any atom is 0.0553 e. The fraction of sp³-hybridized carbons (Fsp3) is 0.545. The Hall–Kier alpha value is -0.890. The highest BCUT2D eigenvalue weighted by Gasteiger charge is 1.97. The molecule has 0 saturated heterocycles. The lowest BCUT2D eigenvalue weighted by atomic mass is 10.1. The molecule has 0 aromatic heterocycles. The summed E-state index contributed by atoms with van der Waals surface area (Å²) >= 11 is 0. The largest absolute Gasteiger partial charge is 0.393 e. The van der Waals surface area contributed by atoms with Crippen LogP contribution in [0.1, 0.15) is 33.6 Å². The molecule has 74 valence electrons. The smallest absolute Gasteiger partial charge is 0.0553 e. The van der Waals surface area contributed by atoms with Crippen molar-refractivity contribution in [2.24, 2.45) is 4.99 Å². The van der Waals surface area contributed by atoms with Gasteiger partial charge in [0, 0.05) is 5.71 Å². The number of hydrogen-bond acceptors (Lipinski definition) is 2. The van der Waals surface area contributed by atoms with Gasteiger partial charge in [-0.3, -0.25) is 4.99 Å². The minimum absolute atomic E-state index is 0.250. The summed E-state index contributed by atoms with van der Waals surface area (Å²) in [4.78, 5) is 4.26. The molecule has 1 atom stereocenters. The number of rotatable bonds is 5. The van der Waals surface area contributed by atoms with E-state index in [4.69, 9.17) is 5.11 Å². The van der Waals surface area contributed by atoms with E-state index < -0.39 is 0 Å². The van der Waals surface area contributed by atoms with Gasteiger partial charge in [-0.25, -0.2) is 0 Å². The van der Waals surface area contributed by atoms with Gasteiger partial charge in [0.15, 0.2) is 0 Å². The van der Waals surface area contributed by atoms with Crippen molar-refractivity contribution in [3.63, 3.8) is 0 Å². The van der Waals surface area contributed by atoms with Crippen LogP contribution in [0, 0.1) is 0 Å². The van der Waals surface area contributed by atoms with E-state index in [-0.39, 0.29) is 6.10 Å². The normalized spacial score (nSPS) is 14.9. The zero-order valence-electron chi connectivity index (χ0n) is 8.75. The van der Waals surface area contributed by atoms with Crippen molar-refractivity contribution < 1.29 is 5.11 Å². The molecule has 13 heavy (non-hydrogen) atoms. The van der Waals surface area contributed by atoms with Crippen LogP contribution in [0.4, 0.5) is 0 Å². The summed E-state index contributed by atoms with van der Waals surface area (Å²) in [6.45, 7) is 9.45. The molecular formula is C11H19NO. The third-order valence-electron chi connectivity index (χ3n) is 1.62. The van der Waals surface area contributed by atoms with Gasteiger partial charge >= 0.3 is 0 Å². The van der Waals surface area contributed by atoms with Gasteiger partial charge in [-0.05, 0) is 39.7 Å². The maximum absolute atomic E-state index is 9.05. The van der Waals surface area contributed by atoms with Crippen molar-refractivity contribution in [2.45, 2.75) is 39.7 Å². The molecule has 0 aliphatic carbocycles. The Labute approximate surface area is 80.7 Å². The van der Waals surface area contributed by atoms with Gasteiger partial charge < -0.3 is 5.11 Å². The molecule has 0 aromatic carbocycles. The van der Waals surface area contributed by atoms with E-state index >= 15 is 0 Å². The van der Waals surface area contributed by atoms with Gasteiger partial charge in [0.05, 0.1) is 11.8 Å². The highest BCUT2D eigenvalue weighted by atomic mass is 16.3. The van der Waals surface area contributed by atoms with Crippen LogP contribution >= 0.6 is 0 Å². The monoisotopic (exact) mass is 181 g/mol. The van der Waals surface area contributed by atoms with Crippen LogP contribution in [0.2, 0.25) is 0 Å². The lowest BCUT2D eigenvalue weighted by Gasteiger charge is -2.03. The average molecular weight is 181 g/mol. The highest BCUT2D eigenvalue weighted by Crippen LogP contribution is 2.02. The molecule has 0 spiro atoms. The van der Waals surface area contributed by atoms with Gasteiger partial charge in [-0.1, -0.05) is 12.7 Å². The Bertz CT molecular complexity index is 214. The van der Waals surface area contributed by atoms with Crippen LogP contribution in [0.3, 0.4) is 0 Å². The lowest BCUT2D eigenvalue weighted by molar-refractivity contribution is 0.187. The molecule has 0 radical (unpaired) electrons. The number of allylic oxidation sites excluding steroid dienone is 2. The molecule has 0 saturated carbocycles. The minimum atomic E-state index is -0.250. The van der Waals surface area contributed by atoms with Crippen LogP contribution in [0.15, 0.2) is 29.4 Å². The average Bonchev–Trinajstić information content (AvgIpc) is 2.01. The molecule has 2 heteroatoms. The number of hydrogen-bond donors (Lipinski definition) is 1. The SMILES string of the molecule is C=C(/C=C\C)/N=C(\C)CCC(C)O. The molecule has 0 aliphatic heterocycles. The third-order valence-corrected chi connectivity index (χ3v) is 1.62. The minimum Gasteiger partial charge on any atom is -0.393 e. The first-order chi connectivity index (χ1) is 6.06. The standard InChI is InChI=1S/C11H19NO/c1-5-6-9(2)12-10(3)7-8-11(4)13/h5-6,11,13H,2,7-8H2,1,3-4H3/b6-5-,12-10+. The quantitative estimate of drug-likeness (QED) is 0.513. The summed E-state index contributed by atoms with van der Waals surface area (Å²) in [5, 5.41) is 9.05. The molecule has 0 aromatic rings. The molecule has 0 amide bonds. The molecule has 0 bridgehead atoms. The molecule has 0 aliphatic rings. The van der Waals surface area contributed by atoms with Crippen molar-refractivity contribution in [3.8, 4) is 0 Å². The maximum atomic E-state index is 9.05. The van der Waals surface area contributed by atoms with Crippen LogP contribution in [-0.2, 0) is 0 Å². The first kappa shape index (κ1) is 12.1. The van der Waals surface area contributed by atoms with Crippen LogP contribution in [0.25, 0.3) is 0 Å². The fourth-order valence-electron chi connectivity index (χ4n) is 0.948. The zero-order valence-corrected chi connectivity index (χ0v) is 8.75. The van der Waals surface area contributed by atoms with E-state index in [1.165, 1.54) is 0 Å². The third kappa shape index (κ3) is 7.47. The van der Waals surface area contributed by atoms with Crippen molar-refractivity contribution in [1.29, 1.82) is 0 Å². The van der Waals surface area contributed by atoms with Crippen LogP contribution < -0.4 is 0 Å². The molecule has 0 fully saturated rings. The summed E-state index contributed by atoms with van der Waals surface area (Å²) < 4.78 is 0. The summed E-state index contributed by atoms with van der Waals surface area (Å²) in [6, 6.07) is 0. The summed E-state index contributed by atoms with van der Waals surface area (Å²) in [6.07, 6.45) is 5.12. The first-order valence-corrected chi connectivity index (χ1v) is 4.60. The van der Waals surface area contributed by atoms with E-state index in [1.54, 1.807) is 6.92 Å². The highest BCUT2D eigenvalue weighted by molar-refractivity contribution is 5.83. The summed E-state index contributed by atoms with van der Waals surface area (Å²) in [5.41, 5.74) is 1.79. The molecule has 1 N–H and O–H groups in total. The van der Waals surface area contributed by atoms with Crippen molar-refractivity contribution >= 4 is 5.71 Å². The second-order valence-electron chi connectivity index (χ2n) is 3.23. The second-order valence-corrected chi connectivity index (χ2v) is 3.23. The fourth-order valence-corrected chi connectivity index (χ4v) is 0.948. The molecular weight excluding hydrogens is 162 g/mol. The van der Waals surface area contributed by atoms with Gasteiger partial charge in [-0.15, -0.1) is 0 Å². The topological polar surface area (TPSA) is 32.6 Å². The Morgan fingerprint density at radius 1 is 1.62 bits per heavy atom. The van der Waals surface area contributed by atoms with Gasteiger partial charge in [-0.2, -0.15) is 0 Å². The molecule has 0 rings (SSSR count). The number of aliphatic imine (C=N–C) groups is 1. The summed E-state index contributed by atoms with van der Waals surface area (Å²) in [7, 11) is 0. The second kappa shape index (κ2) is 6.61. The molecule has 1 unspecified atom stereocenters. The number of aliphatic hydroxyl groups excluding tert-OH is 1. The molecule has 2 nitrogen and oxygen atoms in total. The lowest BCUT2D eigenvalue weighted by Crippen LogP contribution is -2.02. The van der Waals surface area contributed by atoms with E-state index in [0.29, 0.717) is 0 Å².